The van der Waals surface area contributed by atoms with E-state index in [1.165, 1.54) is 0 Å². The van der Waals surface area contributed by atoms with Crippen molar-refractivity contribution in [2.45, 2.75) is 44.0 Å². The van der Waals surface area contributed by atoms with E-state index >= 15 is 0 Å². The molecular weight excluding hydrogens is 260 g/mol. The Bertz CT molecular complexity index is 528. The van der Waals surface area contributed by atoms with Crippen molar-refractivity contribution >= 4 is 15.7 Å². The SMILES string of the molecule is CCCC1CC1NS(=O)(=O)c1ccccc1NCC. The van der Waals surface area contributed by atoms with E-state index in [2.05, 4.69) is 17.0 Å². The summed E-state index contributed by atoms with van der Waals surface area (Å²) in [7, 11) is -3.41. The molecule has 1 aliphatic carbocycles. The lowest BCUT2D eigenvalue weighted by Crippen LogP contribution is -2.27. The first kappa shape index (κ1) is 14.3. The Morgan fingerprint density at radius 1 is 1.26 bits per heavy atom. The van der Waals surface area contributed by atoms with Crippen molar-refractivity contribution < 1.29 is 8.42 Å². The Morgan fingerprint density at radius 2 is 2.00 bits per heavy atom. The zero-order valence-electron chi connectivity index (χ0n) is 11.5. The molecule has 0 aliphatic heterocycles. The van der Waals surface area contributed by atoms with Crippen LogP contribution >= 0.6 is 0 Å². The first-order valence-corrected chi connectivity index (χ1v) is 8.42. The van der Waals surface area contributed by atoms with E-state index in [-0.39, 0.29) is 6.04 Å². The molecule has 1 aromatic carbocycles. The van der Waals surface area contributed by atoms with Crippen molar-refractivity contribution in [2.24, 2.45) is 5.92 Å². The van der Waals surface area contributed by atoms with Crippen molar-refractivity contribution in [3.05, 3.63) is 24.3 Å². The highest BCUT2D eigenvalue weighted by atomic mass is 32.2. The van der Waals surface area contributed by atoms with Gasteiger partial charge in [-0.2, -0.15) is 0 Å². The van der Waals surface area contributed by atoms with Crippen molar-refractivity contribution in [1.29, 1.82) is 0 Å². The Morgan fingerprint density at radius 3 is 2.68 bits per heavy atom. The lowest BCUT2D eigenvalue weighted by atomic mass is 10.2. The van der Waals surface area contributed by atoms with Gasteiger partial charge in [-0.05, 0) is 37.8 Å². The minimum Gasteiger partial charge on any atom is -0.384 e. The summed E-state index contributed by atoms with van der Waals surface area (Å²) in [4.78, 5) is 0.346. The molecule has 2 N–H and O–H groups in total. The monoisotopic (exact) mass is 282 g/mol. The molecule has 2 atom stereocenters. The van der Waals surface area contributed by atoms with Crippen LogP contribution in [0.5, 0.6) is 0 Å². The van der Waals surface area contributed by atoms with Crippen molar-refractivity contribution in [3.63, 3.8) is 0 Å². The van der Waals surface area contributed by atoms with Crippen molar-refractivity contribution in [2.75, 3.05) is 11.9 Å². The smallest absolute Gasteiger partial charge is 0.242 e. The van der Waals surface area contributed by atoms with Gasteiger partial charge in [0.05, 0.1) is 5.69 Å². The number of hydrogen-bond acceptors (Lipinski definition) is 3. The predicted molar refractivity (Wildman–Crippen MR) is 77.7 cm³/mol. The van der Waals surface area contributed by atoms with Gasteiger partial charge in [0.1, 0.15) is 4.90 Å². The molecule has 1 aromatic rings. The van der Waals surface area contributed by atoms with Gasteiger partial charge in [-0.1, -0.05) is 25.5 Å². The largest absolute Gasteiger partial charge is 0.384 e. The molecule has 2 rings (SSSR count). The molecule has 0 radical (unpaired) electrons. The number of rotatable bonds is 7. The first-order valence-electron chi connectivity index (χ1n) is 6.93. The Hall–Kier alpha value is -1.07. The van der Waals surface area contributed by atoms with Gasteiger partial charge < -0.3 is 5.32 Å². The van der Waals surface area contributed by atoms with Gasteiger partial charge >= 0.3 is 0 Å². The summed E-state index contributed by atoms with van der Waals surface area (Å²) in [6, 6.07) is 7.17. The van der Waals surface area contributed by atoms with Crippen LogP contribution < -0.4 is 10.0 Å². The number of anilines is 1. The van der Waals surface area contributed by atoms with Gasteiger partial charge in [0.15, 0.2) is 0 Å². The van der Waals surface area contributed by atoms with E-state index in [1.54, 1.807) is 18.2 Å². The summed E-state index contributed by atoms with van der Waals surface area (Å²) < 4.78 is 27.6. The summed E-state index contributed by atoms with van der Waals surface area (Å²) in [6.07, 6.45) is 3.18. The quantitative estimate of drug-likeness (QED) is 0.808. The average molecular weight is 282 g/mol. The molecule has 0 spiro atoms. The maximum absolute atomic E-state index is 12.4. The zero-order chi connectivity index (χ0) is 13.9. The molecule has 0 saturated heterocycles. The molecule has 0 heterocycles. The van der Waals surface area contributed by atoms with Gasteiger partial charge in [0.2, 0.25) is 10.0 Å². The van der Waals surface area contributed by atoms with Crippen LogP contribution in [0.15, 0.2) is 29.2 Å². The zero-order valence-corrected chi connectivity index (χ0v) is 12.3. The van der Waals surface area contributed by atoms with Crippen molar-refractivity contribution in [1.82, 2.24) is 4.72 Å². The third-order valence-electron chi connectivity index (χ3n) is 3.43. The second-order valence-corrected chi connectivity index (χ2v) is 6.72. The topological polar surface area (TPSA) is 58.2 Å². The van der Waals surface area contributed by atoms with Crippen LogP contribution in [0, 0.1) is 5.92 Å². The molecule has 0 aromatic heterocycles. The van der Waals surface area contributed by atoms with Gasteiger partial charge in [-0.25, -0.2) is 13.1 Å². The van der Waals surface area contributed by atoms with E-state index in [1.807, 2.05) is 13.0 Å². The molecule has 106 valence electrons. The normalized spacial score (nSPS) is 22.2. The lowest BCUT2D eigenvalue weighted by Gasteiger charge is -2.12. The molecule has 4 nitrogen and oxygen atoms in total. The van der Waals surface area contributed by atoms with E-state index in [0.717, 1.165) is 19.3 Å². The number of nitrogens with one attached hydrogen (secondary N) is 2. The van der Waals surface area contributed by atoms with Crippen LogP contribution in [0.4, 0.5) is 5.69 Å². The van der Waals surface area contributed by atoms with Gasteiger partial charge in [-0.3, -0.25) is 0 Å². The van der Waals surface area contributed by atoms with E-state index in [9.17, 15) is 8.42 Å². The summed E-state index contributed by atoms with van der Waals surface area (Å²) in [5.41, 5.74) is 0.671. The Balaban J connectivity index is 2.12. The maximum Gasteiger partial charge on any atom is 0.242 e. The van der Waals surface area contributed by atoms with Crippen LogP contribution in [0.2, 0.25) is 0 Å². The van der Waals surface area contributed by atoms with Crippen LogP contribution in [0.3, 0.4) is 0 Å². The molecule has 0 bridgehead atoms. The fourth-order valence-corrected chi connectivity index (χ4v) is 3.88. The molecule has 1 aliphatic rings. The standard InChI is InChI=1S/C14H22N2O2S/c1-3-7-11-10-13(11)16-19(17,18)14-9-6-5-8-12(14)15-4-2/h5-6,8-9,11,13,15-16H,3-4,7,10H2,1-2H3. The molecular formula is C14H22N2O2S. The predicted octanol–water partition coefficient (Wildman–Crippen LogP) is 2.59. The highest BCUT2D eigenvalue weighted by Gasteiger charge is 2.39. The van der Waals surface area contributed by atoms with Gasteiger partial charge in [-0.15, -0.1) is 0 Å². The van der Waals surface area contributed by atoms with E-state index < -0.39 is 10.0 Å². The number of para-hydroxylation sites is 1. The summed E-state index contributed by atoms with van der Waals surface area (Å²) in [6.45, 7) is 4.79. The van der Waals surface area contributed by atoms with Gasteiger partial charge in [0, 0.05) is 12.6 Å². The highest BCUT2D eigenvalue weighted by molar-refractivity contribution is 7.89. The number of hydrogen-bond donors (Lipinski definition) is 2. The number of benzene rings is 1. The third kappa shape index (κ3) is 3.48. The van der Waals surface area contributed by atoms with Crippen molar-refractivity contribution in [3.8, 4) is 0 Å². The fraction of sp³-hybridized carbons (Fsp3) is 0.571. The molecule has 2 unspecified atom stereocenters. The second kappa shape index (κ2) is 5.92. The van der Waals surface area contributed by atoms with E-state index in [0.29, 0.717) is 23.0 Å². The fourth-order valence-electron chi connectivity index (χ4n) is 2.38. The second-order valence-electron chi connectivity index (χ2n) is 5.04. The number of sulfonamides is 1. The lowest BCUT2D eigenvalue weighted by molar-refractivity contribution is 0.573. The van der Waals surface area contributed by atoms with Crippen LogP contribution in [0.1, 0.15) is 33.1 Å². The molecule has 1 fully saturated rings. The Labute approximate surface area is 115 Å². The van der Waals surface area contributed by atoms with Gasteiger partial charge in [0.25, 0.3) is 0 Å². The maximum atomic E-state index is 12.4. The van der Waals surface area contributed by atoms with Crippen LogP contribution in [-0.4, -0.2) is 21.0 Å². The molecule has 0 amide bonds. The van der Waals surface area contributed by atoms with Crippen LogP contribution in [-0.2, 0) is 10.0 Å². The summed E-state index contributed by atoms with van der Waals surface area (Å²) in [5.74, 6) is 0.520. The minimum absolute atomic E-state index is 0.125. The highest BCUT2D eigenvalue weighted by Crippen LogP contribution is 2.36. The average Bonchev–Trinajstić information content (AvgIpc) is 3.08. The molecule has 19 heavy (non-hydrogen) atoms. The van der Waals surface area contributed by atoms with Crippen LogP contribution in [0.25, 0.3) is 0 Å². The third-order valence-corrected chi connectivity index (χ3v) is 4.98. The summed E-state index contributed by atoms with van der Waals surface area (Å²) in [5, 5.41) is 3.09. The Kier molecular flexibility index (Phi) is 4.47. The molecule has 1 saturated carbocycles. The first-order chi connectivity index (χ1) is 9.08. The summed E-state index contributed by atoms with van der Waals surface area (Å²) >= 11 is 0. The molecule has 5 heteroatoms. The minimum atomic E-state index is -3.41. The van der Waals surface area contributed by atoms with E-state index in [4.69, 9.17) is 0 Å².